The van der Waals surface area contributed by atoms with Crippen LogP contribution in [0, 0.1) is 6.92 Å². The lowest BCUT2D eigenvalue weighted by Crippen LogP contribution is -2.01. The second kappa shape index (κ2) is 10.0. The van der Waals surface area contributed by atoms with Gasteiger partial charge in [-0.2, -0.15) is 0 Å². The molecule has 0 spiro atoms. The van der Waals surface area contributed by atoms with Crippen LogP contribution in [0.3, 0.4) is 0 Å². The zero-order valence-electron chi connectivity index (χ0n) is 13.1. The van der Waals surface area contributed by atoms with Gasteiger partial charge < -0.3 is 9.84 Å². The van der Waals surface area contributed by atoms with Gasteiger partial charge in [0.15, 0.2) is 0 Å². The number of hydrogen-bond acceptors (Lipinski definition) is 2. The summed E-state index contributed by atoms with van der Waals surface area (Å²) in [5.41, 5.74) is 1.07. The lowest BCUT2D eigenvalue weighted by molar-refractivity contribution is 0.0696. The maximum Gasteiger partial charge on any atom is 0.335 e. The van der Waals surface area contributed by atoms with Crippen LogP contribution >= 0.6 is 0 Å². The van der Waals surface area contributed by atoms with E-state index in [1.165, 1.54) is 19.3 Å². The topological polar surface area (TPSA) is 46.5 Å². The van der Waals surface area contributed by atoms with E-state index in [1.807, 2.05) is 0 Å². The number of unbranched alkanes of at least 4 members (excludes halogenated alkanes) is 4. The Kier molecular flexibility index (Phi) is 8.25. The highest BCUT2D eigenvalue weighted by Gasteiger charge is 2.07. The van der Waals surface area contributed by atoms with Crippen LogP contribution in [0.25, 0.3) is 0 Å². The molecule has 21 heavy (non-hydrogen) atoms. The Morgan fingerprint density at radius 1 is 1.19 bits per heavy atom. The minimum absolute atomic E-state index is 0.333. The Labute approximate surface area is 127 Å². The van der Waals surface area contributed by atoms with E-state index >= 15 is 0 Å². The zero-order valence-corrected chi connectivity index (χ0v) is 13.1. The minimum atomic E-state index is -0.895. The molecule has 0 radical (unpaired) electrons. The summed E-state index contributed by atoms with van der Waals surface area (Å²) in [4.78, 5) is 10.9. The molecule has 0 bridgehead atoms. The Morgan fingerprint density at radius 2 is 1.90 bits per heavy atom. The fourth-order valence-electron chi connectivity index (χ4n) is 2.08. The van der Waals surface area contributed by atoms with Crippen LogP contribution in [0.15, 0.2) is 30.4 Å². The first kappa shape index (κ1) is 17.3. The van der Waals surface area contributed by atoms with Crippen LogP contribution in [-0.4, -0.2) is 17.7 Å². The van der Waals surface area contributed by atoms with Gasteiger partial charge in [-0.3, -0.25) is 0 Å². The van der Waals surface area contributed by atoms with Crippen molar-refractivity contribution in [3.05, 3.63) is 41.5 Å². The number of ether oxygens (including phenoxy) is 1. The number of hydrogen-bond donors (Lipinski definition) is 1. The molecule has 0 aliphatic rings. The third kappa shape index (κ3) is 6.98. The summed E-state index contributed by atoms with van der Waals surface area (Å²) < 4.78 is 5.65. The van der Waals surface area contributed by atoms with Crippen molar-refractivity contribution in [3.63, 3.8) is 0 Å². The first-order chi connectivity index (χ1) is 10.1. The summed E-state index contributed by atoms with van der Waals surface area (Å²) in [5.74, 6) is -0.148. The molecule has 0 unspecified atom stereocenters. The van der Waals surface area contributed by atoms with Crippen molar-refractivity contribution in [2.24, 2.45) is 0 Å². The van der Waals surface area contributed by atoms with Crippen LogP contribution < -0.4 is 4.74 Å². The predicted molar refractivity (Wildman–Crippen MR) is 86.1 cm³/mol. The SMILES string of the molecule is CCCCC=CCCCCOc1ccc(C(=O)O)c(C)c1. The molecule has 3 nitrogen and oxygen atoms in total. The molecule has 1 aromatic rings. The van der Waals surface area contributed by atoms with Crippen molar-refractivity contribution in [2.45, 2.75) is 52.4 Å². The van der Waals surface area contributed by atoms with Gasteiger partial charge in [0.05, 0.1) is 12.2 Å². The Bertz CT molecular complexity index is 464. The fraction of sp³-hybridized carbons (Fsp3) is 0.500. The van der Waals surface area contributed by atoms with Gasteiger partial charge in [0.2, 0.25) is 0 Å². The number of carboxylic acids is 1. The number of aryl methyl sites for hydroxylation is 1. The van der Waals surface area contributed by atoms with Crippen LogP contribution in [0.1, 0.15) is 61.4 Å². The molecule has 0 heterocycles. The molecule has 3 heteroatoms. The normalized spacial score (nSPS) is 11.0. The van der Waals surface area contributed by atoms with E-state index in [0.717, 1.165) is 30.6 Å². The first-order valence-corrected chi connectivity index (χ1v) is 7.77. The monoisotopic (exact) mass is 290 g/mol. The van der Waals surface area contributed by atoms with Crippen molar-refractivity contribution in [2.75, 3.05) is 6.61 Å². The Morgan fingerprint density at radius 3 is 2.52 bits per heavy atom. The second-order valence-electron chi connectivity index (χ2n) is 5.24. The van der Waals surface area contributed by atoms with E-state index < -0.39 is 5.97 Å². The summed E-state index contributed by atoms with van der Waals surface area (Å²) in [6, 6.07) is 5.11. The van der Waals surface area contributed by atoms with Crippen molar-refractivity contribution in [3.8, 4) is 5.75 Å². The molecule has 1 aromatic carbocycles. The Hall–Kier alpha value is -1.77. The van der Waals surface area contributed by atoms with Crippen molar-refractivity contribution >= 4 is 5.97 Å². The van der Waals surface area contributed by atoms with Gasteiger partial charge in [0.25, 0.3) is 0 Å². The van der Waals surface area contributed by atoms with Crippen LogP contribution in [0.4, 0.5) is 0 Å². The average molecular weight is 290 g/mol. The molecule has 0 atom stereocenters. The molecule has 0 aromatic heterocycles. The maximum atomic E-state index is 10.9. The lowest BCUT2D eigenvalue weighted by Gasteiger charge is -2.08. The summed E-state index contributed by atoms with van der Waals surface area (Å²) >= 11 is 0. The van der Waals surface area contributed by atoms with Crippen LogP contribution in [-0.2, 0) is 0 Å². The predicted octanol–water partition coefficient (Wildman–Crippen LogP) is 4.99. The number of rotatable bonds is 10. The Balaban J connectivity index is 2.20. The summed E-state index contributed by atoms with van der Waals surface area (Å²) in [5, 5.41) is 8.96. The quantitative estimate of drug-likeness (QED) is 0.488. The standard InChI is InChI=1S/C18H26O3/c1-3-4-5-6-7-8-9-10-13-21-16-11-12-17(18(19)20)15(2)14-16/h6-7,11-12,14H,3-5,8-10,13H2,1-2H3,(H,19,20). The highest BCUT2D eigenvalue weighted by Crippen LogP contribution is 2.17. The van der Waals surface area contributed by atoms with E-state index in [4.69, 9.17) is 9.84 Å². The van der Waals surface area contributed by atoms with E-state index in [-0.39, 0.29) is 0 Å². The third-order valence-corrected chi connectivity index (χ3v) is 3.35. The molecule has 0 saturated heterocycles. The van der Waals surface area contributed by atoms with E-state index in [1.54, 1.807) is 25.1 Å². The molecule has 116 valence electrons. The number of carboxylic acid groups (broad SMARTS) is 1. The van der Waals surface area contributed by atoms with Gasteiger partial charge in [-0.15, -0.1) is 0 Å². The van der Waals surface area contributed by atoms with Gasteiger partial charge in [-0.1, -0.05) is 31.9 Å². The van der Waals surface area contributed by atoms with E-state index in [9.17, 15) is 4.79 Å². The maximum absolute atomic E-state index is 10.9. The zero-order chi connectivity index (χ0) is 15.5. The third-order valence-electron chi connectivity index (χ3n) is 3.35. The summed E-state index contributed by atoms with van der Waals surface area (Å²) in [7, 11) is 0. The molecule has 1 rings (SSSR count). The van der Waals surface area contributed by atoms with Gasteiger partial charge >= 0.3 is 5.97 Å². The second-order valence-corrected chi connectivity index (χ2v) is 5.24. The van der Waals surface area contributed by atoms with Gasteiger partial charge in [0.1, 0.15) is 5.75 Å². The van der Waals surface area contributed by atoms with Crippen LogP contribution in [0.5, 0.6) is 5.75 Å². The van der Waals surface area contributed by atoms with Crippen LogP contribution in [0.2, 0.25) is 0 Å². The average Bonchev–Trinajstić information content (AvgIpc) is 2.45. The highest BCUT2D eigenvalue weighted by atomic mass is 16.5. The van der Waals surface area contributed by atoms with Gasteiger partial charge in [0, 0.05) is 0 Å². The molecule has 0 aliphatic carbocycles. The first-order valence-electron chi connectivity index (χ1n) is 7.77. The fourth-order valence-corrected chi connectivity index (χ4v) is 2.08. The molecule has 1 N–H and O–H groups in total. The number of aromatic carboxylic acids is 1. The molecule has 0 saturated carbocycles. The highest BCUT2D eigenvalue weighted by molar-refractivity contribution is 5.89. The van der Waals surface area contributed by atoms with Gasteiger partial charge in [-0.25, -0.2) is 4.79 Å². The van der Waals surface area contributed by atoms with Crippen molar-refractivity contribution < 1.29 is 14.6 Å². The van der Waals surface area contributed by atoms with Crippen molar-refractivity contribution in [1.82, 2.24) is 0 Å². The molecular formula is C18H26O3. The number of allylic oxidation sites excluding steroid dienone is 2. The molecule has 0 aliphatic heterocycles. The molecular weight excluding hydrogens is 264 g/mol. The number of benzene rings is 1. The lowest BCUT2D eigenvalue weighted by atomic mass is 10.1. The largest absolute Gasteiger partial charge is 0.494 e. The van der Waals surface area contributed by atoms with E-state index in [2.05, 4.69) is 19.1 Å². The summed E-state index contributed by atoms with van der Waals surface area (Å²) in [6.07, 6.45) is 11.4. The summed E-state index contributed by atoms with van der Waals surface area (Å²) in [6.45, 7) is 4.67. The molecule has 0 amide bonds. The van der Waals surface area contributed by atoms with Gasteiger partial charge in [-0.05, 0) is 56.4 Å². The van der Waals surface area contributed by atoms with E-state index in [0.29, 0.717) is 12.2 Å². The minimum Gasteiger partial charge on any atom is -0.494 e. The molecule has 0 fully saturated rings. The van der Waals surface area contributed by atoms with Crippen molar-refractivity contribution in [1.29, 1.82) is 0 Å². The number of carbonyl (C=O) groups is 1. The smallest absolute Gasteiger partial charge is 0.335 e.